The second-order valence-electron chi connectivity index (χ2n) is 6.65. The molecule has 0 aliphatic carbocycles. The van der Waals surface area contributed by atoms with E-state index in [1.54, 1.807) is 0 Å². The van der Waals surface area contributed by atoms with Gasteiger partial charge in [-0.3, -0.25) is 4.79 Å². The minimum absolute atomic E-state index is 0.0668. The first-order valence-electron chi connectivity index (χ1n) is 9.17. The molecule has 136 valence electrons. The summed E-state index contributed by atoms with van der Waals surface area (Å²) in [6.45, 7) is 2.65. The topological polar surface area (TPSA) is 62.7 Å². The Kier molecular flexibility index (Phi) is 4.75. The van der Waals surface area contributed by atoms with Crippen molar-refractivity contribution in [2.45, 2.75) is 19.8 Å². The second-order valence-corrected chi connectivity index (χ2v) is 6.65. The molecule has 2 aromatic heterocycles. The molecule has 0 unspecified atom stereocenters. The monoisotopic (exact) mass is 358 g/mol. The van der Waals surface area contributed by atoms with Crippen LogP contribution in [0.2, 0.25) is 0 Å². The first-order valence-corrected chi connectivity index (χ1v) is 9.17. The molecule has 5 nitrogen and oxygen atoms in total. The fourth-order valence-electron chi connectivity index (χ4n) is 3.23. The molecule has 0 aliphatic heterocycles. The first-order chi connectivity index (χ1) is 13.2. The standard InChI is InChI=1S/C22H22N4O/c1-16-18(15-26(25-16)19-10-3-2-4-11-19)9-7-13-23-22(27)21-14-17-8-5-6-12-20(17)24-21/h2-6,8,10-12,14-15,24H,7,9,13H2,1H3,(H,23,27). The number of carbonyl (C=O) groups is 1. The maximum atomic E-state index is 12.3. The third-order valence-corrected chi connectivity index (χ3v) is 4.70. The van der Waals surface area contributed by atoms with Gasteiger partial charge in [-0.2, -0.15) is 5.10 Å². The van der Waals surface area contributed by atoms with E-state index in [0.29, 0.717) is 12.2 Å². The number of hydrogen-bond acceptors (Lipinski definition) is 2. The summed E-state index contributed by atoms with van der Waals surface area (Å²) in [5, 5.41) is 8.63. The van der Waals surface area contributed by atoms with Crippen molar-refractivity contribution in [2.24, 2.45) is 0 Å². The van der Waals surface area contributed by atoms with E-state index in [9.17, 15) is 4.79 Å². The highest BCUT2D eigenvalue weighted by Gasteiger charge is 2.10. The highest BCUT2D eigenvalue weighted by atomic mass is 16.1. The van der Waals surface area contributed by atoms with Crippen molar-refractivity contribution in [3.63, 3.8) is 0 Å². The van der Waals surface area contributed by atoms with Crippen molar-refractivity contribution in [3.8, 4) is 5.69 Å². The lowest BCUT2D eigenvalue weighted by Crippen LogP contribution is -2.25. The Bertz CT molecular complexity index is 1030. The number of aryl methyl sites for hydroxylation is 2. The number of amides is 1. The quantitative estimate of drug-likeness (QED) is 0.511. The zero-order valence-corrected chi connectivity index (χ0v) is 15.3. The highest BCUT2D eigenvalue weighted by Crippen LogP contribution is 2.15. The Morgan fingerprint density at radius 3 is 2.70 bits per heavy atom. The van der Waals surface area contributed by atoms with Gasteiger partial charge in [-0.05, 0) is 49.6 Å². The molecule has 1 amide bonds. The molecule has 2 aromatic carbocycles. The van der Waals surface area contributed by atoms with Crippen LogP contribution in [0.5, 0.6) is 0 Å². The Hall–Kier alpha value is -3.34. The van der Waals surface area contributed by atoms with Crippen molar-refractivity contribution in [2.75, 3.05) is 6.54 Å². The minimum Gasteiger partial charge on any atom is -0.351 e. The Morgan fingerprint density at radius 1 is 1.11 bits per heavy atom. The van der Waals surface area contributed by atoms with Gasteiger partial charge in [0.05, 0.1) is 11.4 Å². The van der Waals surface area contributed by atoms with E-state index < -0.39 is 0 Å². The second kappa shape index (κ2) is 7.50. The van der Waals surface area contributed by atoms with E-state index in [1.807, 2.05) is 72.3 Å². The lowest BCUT2D eigenvalue weighted by molar-refractivity contribution is 0.0949. The van der Waals surface area contributed by atoms with Gasteiger partial charge < -0.3 is 10.3 Å². The van der Waals surface area contributed by atoms with Crippen LogP contribution in [0, 0.1) is 6.92 Å². The van der Waals surface area contributed by atoms with Crippen LogP contribution in [-0.2, 0) is 6.42 Å². The SMILES string of the molecule is Cc1nn(-c2ccccc2)cc1CCCNC(=O)c1cc2ccccc2[nH]1. The van der Waals surface area contributed by atoms with Crippen LogP contribution in [-0.4, -0.2) is 27.2 Å². The number of fused-ring (bicyclic) bond motifs is 1. The average molecular weight is 358 g/mol. The predicted octanol–water partition coefficient (Wildman–Crippen LogP) is 4.02. The molecular weight excluding hydrogens is 336 g/mol. The lowest BCUT2D eigenvalue weighted by Gasteiger charge is -2.03. The Balaban J connectivity index is 1.32. The van der Waals surface area contributed by atoms with Crippen LogP contribution < -0.4 is 5.32 Å². The average Bonchev–Trinajstić information content (AvgIpc) is 3.29. The molecule has 5 heteroatoms. The molecule has 0 spiro atoms. The largest absolute Gasteiger partial charge is 0.351 e. The van der Waals surface area contributed by atoms with Gasteiger partial charge in [0.2, 0.25) is 0 Å². The van der Waals surface area contributed by atoms with Crippen molar-refractivity contribution in [1.82, 2.24) is 20.1 Å². The smallest absolute Gasteiger partial charge is 0.267 e. The molecule has 0 saturated carbocycles. The van der Waals surface area contributed by atoms with E-state index >= 15 is 0 Å². The normalized spacial score (nSPS) is 11.0. The van der Waals surface area contributed by atoms with Gasteiger partial charge in [0, 0.05) is 23.6 Å². The molecule has 2 N–H and O–H groups in total. The van der Waals surface area contributed by atoms with Gasteiger partial charge in [-0.25, -0.2) is 4.68 Å². The predicted molar refractivity (Wildman–Crippen MR) is 107 cm³/mol. The van der Waals surface area contributed by atoms with Crippen LogP contribution in [0.25, 0.3) is 16.6 Å². The number of benzene rings is 2. The van der Waals surface area contributed by atoms with E-state index in [1.165, 1.54) is 5.56 Å². The fraction of sp³-hybridized carbons (Fsp3) is 0.182. The zero-order chi connectivity index (χ0) is 18.6. The van der Waals surface area contributed by atoms with E-state index in [4.69, 9.17) is 0 Å². The number of H-pyrrole nitrogens is 1. The molecule has 0 bridgehead atoms. The Labute approximate surface area is 158 Å². The first kappa shape index (κ1) is 17.1. The molecule has 4 rings (SSSR count). The molecule has 2 heterocycles. The minimum atomic E-state index is -0.0668. The van der Waals surface area contributed by atoms with Gasteiger partial charge in [-0.15, -0.1) is 0 Å². The molecule has 4 aromatic rings. The van der Waals surface area contributed by atoms with Crippen LogP contribution in [0.1, 0.15) is 28.2 Å². The van der Waals surface area contributed by atoms with Crippen molar-refractivity contribution >= 4 is 16.8 Å². The van der Waals surface area contributed by atoms with Crippen molar-refractivity contribution in [3.05, 3.63) is 83.8 Å². The summed E-state index contributed by atoms with van der Waals surface area (Å²) >= 11 is 0. The zero-order valence-electron chi connectivity index (χ0n) is 15.3. The van der Waals surface area contributed by atoms with Crippen LogP contribution in [0.4, 0.5) is 0 Å². The third kappa shape index (κ3) is 3.77. The Morgan fingerprint density at radius 2 is 1.89 bits per heavy atom. The van der Waals surface area contributed by atoms with Crippen LogP contribution in [0.3, 0.4) is 0 Å². The van der Waals surface area contributed by atoms with Crippen molar-refractivity contribution in [1.29, 1.82) is 0 Å². The van der Waals surface area contributed by atoms with Crippen LogP contribution >= 0.6 is 0 Å². The summed E-state index contributed by atoms with van der Waals surface area (Å²) in [6, 6.07) is 19.9. The maximum absolute atomic E-state index is 12.3. The van der Waals surface area contributed by atoms with Gasteiger partial charge in [-0.1, -0.05) is 36.4 Å². The lowest BCUT2D eigenvalue weighted by atomic mass is 10.1. The fourth-order valence-corrected chi connectivity index (χ4v) is 3.23. The van der Waals surface area contributed by atoms with Gasteiger partial charge in [0.15, 0.2) is 0 Å². The third-order valence-electron chi connectivity index (χ3n) is 4.70. The van der Waals surface area contributed by atoms with Crippen molar-refractivity contribution < 1.29 is 4.79 Å². The number of nitrogens with one attached hydrogen (secondary N) is 2. The van der Waals surface area contributed by atoms with E-state index in [-0.39, 0.29) is 5.91 Å². The number of rotatable bonds is 6. The summed E-state index contributed by atoms with van der Waals surface area (Å²) in [4.78, 5) is 15.5. The highest BCUT2D eigenvalue weighted by molar-refractivity contribution is 5.97. The van der Waals surface area contributed by atoms with Crippen LogP contribution in [0.15, 0.2) is 66.9 Å². The van der Waals surface area contributed by atoms with E-state index in [2.05, 4.69) is 21.6 Å². The molecular formula is C22H22N4O. The number of aromatic amines is 1. The summed E-state index contributed by atoms with van der Waals surface area (Å²) in [5.74, 6) is -0.0668. The molecule has 0 fully saturated rings. The molecule has 0 radical (unpaired) electrons. The molecule has 0 atom stereocenters. The van der Waals surface area contributed by atoms with Gasteiger partial charge in [0.25, 0.3) is 5.91 Å². The number of hydrogen-bond donors (Lipinski definition) is 2. The summed E-state index contributed by atoms with van der Waals surface area (Å²) in [6.07, 6.45) is 3.82. The summed E-state index contributed by atoms with van der Waals surface area (Å²) in [5.41, 5.74) is 4.87. The number of aromatic nitrogens is 3. The number of carbonyl (C=O) groups excluding carboxylic acids is 1. The van der Waals surface area contributed by atoms with Gasteiger partial charge >= 0.3 is 0 Å². The maximum Gasteiger partial charge on any atom is 0.267 e. The van der Waals surface area contributed by atoms with Gasteiger partial charge in [0.1, 0.15) is 5.69 Å². The summed E-state index contributed by atoms with van der Waals surface area (Å²) < 4.78 is 1.91. The molecule has 0 aliphatic rings. The molecule has 27 heavy (non-hydrogen) atoms. The number of para-hydroxylation sites is 2. The number of nitrogens with zero attached hydrogens (tertiary/aromatic N) is 2. The molecule has 0 saturated heterocycles. The van der Waals surface area contributed by atoms with E-state index in [0.717, 1.165) is 35.1 Å². The summed E-state index contributed by atoms with van der Waals surface area (Å²) in [7, 11) is 0.